The van der Waals surface area contributed by atoms with Crippen molar-refractivity contribution in [3.05, 3.63) is 87.1 Å². The quantitative estimate of drug-likeness (QED) is 0.388. The van der Waals surface area contributed by atoms with Crippen molar-refractivity contribution in [1.29, 1.82) is 0 Å². The van der Waals surface area contributed by atoms with E-state index in [0.29, 0.717) is 28.0 Å². The largest absolute Gasteiger partial charge is 0.334 e. The predicted octanol–water partition coefficient (Wildman–Crippen LogP) is 4.87. The van der Waals surface area contributed by atoms with E-state index >= 15 is 0 Å². The van der Waals surface area contributed by atoms with E-state index in [2.05, 4.69) is 52.2 Å². The Balaban J connectivity index is 1.55. The van der Waals surface area contributed by atoms with E-state index in [1.54, 1.807) is 48.8 Å². The summed E-state index contributed by atoms with van der Waals surface area (Å²) < 4.78 is 29.0. The molecule has 7 nitrogen and oxygen atoms in total. The summed E-state index contributed by atoms with van der Waals surface area (Å²) in [5.74, 6) is -0.176. The second-order valence-corrected chi connectivity index (χ2v) is 9.83. The van der Waals surface area contributed by atoms with E-state index in [1.165, 1.54) is 0 Å². The molecule has 1 heterocycles. The third-order valence-electron chi connectivity index (χ3n) is 3.97. The van der Waals surface area contributed by atoms with Crippen molar-refractivity contribution < 1.29 is 13.2 Å². The molecule has 0 spiro atoms. The summed E-state index contributed by atoms with van der Waals surface area (Å²) in [6, 6.07) is 15.1. The maximum Gasteiger partial charge on any atom is 0.319 e. The fourth-order valence-electron chi connectivity index (χ4n) is 2.55. The van der Waals surface area contributed by atoms with E-state index in [9.17, 15) is 13.2 Å². The van der Waals surface area contributed by atoms with E-state index in [1.807, 2.05) is 18.2 Å². The van der Waals surface area contributed by atoms with Crippen LogP contribution in [0, 0.1) is 0 Å². The van der Waals surface area contributed by atoms with Gasteiger partial charge in [0.05, 0.1) is 5.75 Å². The van der Waals surface area contributed by atoms with Gasteiger partial charge in [0.2, 0.25) is 10.0 Å². The van der Waals surface area contributed by atoms with Crippen molar-refractivity contribution in [1.82, 2.24) is 10.3 Å². The smallest absolute Gasteiger partial charge is 0.319 e. The average Bonchev–Trinajstić information content (AvgIpc) is 2.71. The molecule has 0 atom stereocenters. The normalized spacial score (nSPS) is 11.0. The molecule has 1 aromatic heterocycles. The lowest BCUT2D eigenvalue weighted by Crippen LogP contribution is -2.28. The number of aromatic nitrogens is 1. The Hall–Kier alpha value is -2.43. The molecule has 0 saturated carbocycles. The number of nitrogens with one attached hydrogen (secondary N) is 3. The van der Waals surface area contributed by atoms with E-state index in [4.69, 9.17) is 0 Å². The molecule has 0 bridgehead atoms. The molecule has 0 aliphatic carbocycles. The van der Waals surface area contributed by atoms with Crippen LogP contribution >= 0.6 is 31.9 Å². The summed E-state index contributed by atoms with van der Waals surface area (Å²) in [6.07, 6.45) is 3.31. The lowest BCUT2D eigenvalue weighted by molar-refractivity contribution is 0.251. The Morgan fingerprint density at radius 1 is 0.933 bits per heavy atom. The van der Waals surface area contributed by atoms with Crippen LogP contribution < -0.4 is 15.4 Å². The summed E-state index contributed by atoms with van der Waals surface area (Å²) in [5, 5.41) is 5.44. The highest BCUT2D eigenvalue weighted by molar-refractivity contribution is 9.11. The van der Waals surface area contributed by atoms with E-state index in [-0.39, 0.29) is 11.8 Å². The Morgan fingerprint density at radius 2 is 1.60 bits per heavy atom. The molecule has 3 N–H and O–H groups in total. The van der Waals surface area contributed by atoms with Gasteiger partial charge in [-0.3, -0.25) is 9.71 Å². The number of benzene rings is 2. The van der Waals surface area contributed by atoms with Gasteiger partial charge in [-0.05, 0) is 65.7 Å². The zero-order chi connectivity index (χ0) is 21.6. The zero-order valence-electron chi connectivity index (χ0n) is 15.6. The first-order valence-electron chi connectivity index (χ1n) is 8.79. The van der Waals surface area contributed by atoms with Gasteiger partial charge in [-0.25, -0.2) is 13.2 Å². The minimum absolute atomic E-state index is 0.176. The summed E-state index contributed by atoms with van der Waals surface area (Å²) >= 11 is 6.71. The highest BCUT2D eigenvalue weighted by atomic mass is 79.9. The SMILES string of the molecule is O=C(NCc1ccncc1)Nc1ccc(NS(=O)(=O)Cc2cc(Br)ccc2Br)cc1. The van der Waals surface area contributed by atoms with Crippen molar-refractivity contribution in [2.24, 2.45) is 0 Å². The van der Waals surface area contributed by atoms with Gasteiger partial charge in [0.15, 0.2) is 0 Å². The number of carbonyl (C=O) groups excluding carboxylic acids is 1. The number of rotatable bonds is 7. The van der Waals surface area contributed by atoms with Gasteiger partial charge in [-0.1, -0.05) is 31.9 Å². The molecule has 0 aliphatic heterocycles. The number of pyridine rings is 1. The van der Waals surface area contributed by atoms with Gasteiger partial charge in [0.1, 0.15) is 0 Å². The molecule has 0 radical (unpaired) electrons. The Labute approximate surface area is 191 Å². The van der Waals surface area contributed by atoms with Crippen LogP contribution in [0.3, 0.4) is 0 Å². The highest BCUT2D eigenvalue weighted by Gasteiger charge is 2.14. The number of halogens is 2. The van der Waals surface area contributed by atoms with Crippen molar-refractivity contribution in [3.63, 3.8) is 0 Å². The van der Waals surface area contributed by atoms with Gasteiger partial charge < -0.3 is 10.6 Å². The van der Waals surface area contributed by atoms with Crippen LogP contribution in [-0.2, 0) is 22.3 Å². The fourth-order valence-corrected chi connectivity index (χ4v) is 4.75. The summed E-state index contributed by atoms with van der Waals surface area (Å²) in [5.41, 5.74) is 2.52. The molecule has 0 saturated heterocycles. The van der Waals surface area contributed by atoms with Crippen LogP contribution in [0.1, 0.15) is 11.1 Å². The number of sulfonamides is 1. The van der Waals surface area contributed by atoms with Crippen LogP contribution in [0.25, 0.3) is 0 Å². The Morgan fingerprint density at radius 3 is 2.30 bits per heavy atom. The molecule has 0 fully saturated rings. The number of urea groups is 1. The molecule has 3 aromatic rings. The first-order chi connectivity index (χ1) is 14.3. The summed E-state index contributed by atoms with van der Waals surface area (Å²) in [7, 11) is -3.61. The molecule has 0 aliphatic rings. The number of anilines is 2. The minimum Gasteiger partial charge on any atom is -0.334 e. The maximum atomic E-state index is 12.5. The van der Waals surface area contributed by atoms with E-state index in [0.717, 1.165) is 10.0 Å². The maximum absolute atomic E-state index is 12.5. The van der Waals surface area contributed by atoms with Crippen molar-refractivity contribution >= 4 is 59.3 Å². The van der Waals surface area contributed by atoms with Crippen molar-refractivity contribution in [2.75, 3.05) is 10.0 Å². The molecule has 30 heavy (non-hydrogen) atoms. The third kappa shape index (κ3) is 6.82. The minimum atomic E-state index is -3.61. The van der Waals surface area contributed by atoms with Crippen molar-refractivity contribution in [2.45, 2.75) is 12.3 Å². The number of amides is 2. The summed E-state index contributed by atoms with van der Waals surface area (Å²) in [4.78, 5) is 15.9. The van der Waals surface area contributed by atoms with Crippen LogP contribution in [-0.4, -0.2) is 19.4 Å². The number of carbonyl (C=O) groups is 1. The zero-order valence-corrected chi connectivity index (χ0v) is 19.6. The molecular formula is C20H18Br2N4O3S. The Bertz CT molecular complexity index is 1120. The fraction of sp³-hybridized carbons (Fsp3) is 0.100. The molecule has 3 rings (SSSR count). The van der Waals surface area contributed by atoms with Crippen LogP contribution in [0.4, 0.5) is 16.2 Å². The van der Waals surface area contributed by atoms with Gasteiger partial charge >= 0.3 is 6.03 Å². The average molecular weight is 554 g/mol. The topological polar surface area (TPSA) is 100 Å². The molecule has 0 unspecified atom stereocenters. The molecular weight excluding hydrogens is 536 g/mol. The number of nitrogens with zero attached hydrogens (tertiary/aromatic N) is 1. The van der Waals surface area contributed by atoms with Gasteiger partial charge in [-0.15, -0.1) is 0 Å². The predicted molar refractivity (Wildman–Crippen MR) is 125 cm³/mol. The second-order valence-electron chi connectivity index (χ2n) is 6.34. The third-order valence-corrected chi connectivity index (χ3v) is 6.48. The number of hydrogen-bond acceptors (Lipinski definition) is 4. The van der Waals surface area contributed by atoms with E-state index < -0.39 is 10.0 Å². The molecule has 2 aromatic carbocycles. The van der Waals surface area contributed by atoms with Crippen LogP contribution in [0.5, 0.6) is 0 Å². The molecule has 156 valence electrons. The lowest BCUT2D eigenvalue weighted by atomic mass is 10.2. The Kier molecular flexibility index (Phi) is 7.46. The number of hydrogen-bond donors (Lipinski definition) is 3. The second kappa shape index (κ2) is 10.1. The molecule has 2 amide bonds. The van der Waals surface area contributed by atoms with Gasteiger partial charge in [-0.2, -0.15) is 0 Å². The summed E-state index contributed by atoms with van der Waals surface area (Å²) in [6.45, 7) is 0.372. The molecule has 10 heteroatoms. The monoisotopic (exact) mass is 552 g/mol. The van der Waals surface area contributed by atoms with Crippen LogP contribution in [0.2, 0.25) is 0 Å². The van der Waals surface area contributed by atoms with Crippen molar-refractivity contribution in [3.8, 4) is 0 Å². The highest BCUT2D eigenvalue weighted by Crippen LogP contribution is 2.24. The van der Waals surface area contributed by atoms with Crippen LogP contribution in [0.15, 0.2) is 75.9 Å². The standard InChI is InChI=1S/C20H18Br2N4O3S/c21-16-1-6-19(22)15(11-16)13-30(28,29)26-18-4-2-17(3-5-18)25-20(27)24-12-14-7-9-23-10-8-14/h1-11,26H,12-13H2,(H2,24,25,27). The van der Waals surface area contributed by atoms with Gasteiger partial charge in [0, 0.05) is 39.3 Å². The first-order valence-corrected chi connectivity index (χ1v) is 12.0. The first kappa shape index (κ1) is 22.3. The van der Waals surface area contributed by atoms with Gasteiger partial charge in [0.25, 0.3) is 0 Å². The lowest BCUT2D eigenvalue weighted by Gasteiger charge is -2.11.